The van der Waals surface area contributed by atoms with Gasteiger partial charge in [-0.3, -0.25) is 9.59 Å². The summed E-state index contributed by atoms with van der Waals surface area (Å²) in [5, 5.41) is 6.60. The number of ether oxygens (including phenoxy) is 1. The third-order valence-corrected chi connectivity index (χ3v) is 4.21. The van der Waals surface area contributed by atoms with Crippen LogP contribution in [0.15, 0.2) is 53.1 Å². The number of aryl methyl sites for hydroxylation is 1. The van der Waals surface area contributed by atoms with Crippen molar-refractivity contribution in [1.82, 2.24) is 15.5 Å². The van der Waals surface area contributed by atoms with E-state index in [-0.39, 0.29) is 31.1 Å². The third-order valence-electron chi connectivity index (χ3n) is 4.21. The molecular weight excluding hydrogens is 358 g/mol. The number of carbonyl (C=O) groups excluding carboxylic acids is 2. The van der Waals surface area contributed by atoms with E-state index in [9.17, 15) is 9.59 Å². The zero-order valence-corrected chi connectivity index (χ0v) is 15.8. The number of nitrogens with one attached hydrogen (secondary N) is 1. The molecule has 0 spiro atoms. The first-order valence-corrected chi connectivity index (χ1v) is 8.89. The van der Waals surface area contributed by atoms with Gasteiger partial charge in [-0.2, -0.15) is 4.98 Å². The van der Waals surface area contributed by atoms with E-state index in [1.165, 1.54) is 0 Å². The van der Waals surface area contributed by atoms with E-state index in [1.807, 2.05) is 31.2 Å². The number of carbonyl (C=O) groups is 2. The van der Waals surface area contributed by atoms with Crippen LogP contribution in [-0.4, -0.2) is 28.9 Å². The Kier molecular flexibility index (Phi) is 6.16. The Hall–Kier alpha value is -3.48. The molecule has 0 radical (unpaired) electrons. The molecule has 0 fully saturated rings. The zero-order chi connectivity index (χ0) is 19.9. The Bertz CT molecular complexity index is 947. The fourth-order valence-electron chi connectivity index (χ4n) is 2.56. The van der Waals surface area contributed by atoms with Crippen molar-refractivity contribution in [2.45, 2.75) is 26.3 Å². The molecule has 144 valence electrons. The van der Waals surface area contributed by atoms with Gasteiger partial charge < -0.3 is 14.6 Å². The standard InChI is InChI=1S/C21H21N3O4/c1-14-3-5-15(6-4-14)18(25)11-12-19(26)22-13-20-23-21(24-28-20)16-7-9-17(27-2)10-8-16/h3-10H,11-13H2,1-2H3,(H,22,26). The minimum absolute atomic E-state index is 0.0604. The van der Waals surface area contributed by atoms with Crippen molar-refractivity contribution >= 4 is 11.7 Å². The average Bonchev–Trinajstić information content (AvgIpc) is 3.20. The Morgan fingerprint density at radius 3 is 2.43 bits per heavy atom. The predicted molar refractivity (Wildman–Crippen MR) is 103 cm³/mol. The molecule has 3 rings (SSSR count). The molecule has 1 amide bonds. The maximum Gasteiger partial charge on any atom is 0.246 e. The van der Waals surface area contributed by atoms with Gasteiger partial charge in [0, 0.05) is 24.0 Å². The lowest BCUT2D eigenvalue weighted by Crippen LogP contribution is -2.23. The third kappa shape index (κ3) is 5.03. The quantitative estimate of drug-likeness (QED) is 0.603. The summed E-state index contributed by atoms with van der Waals surface area (Å²) < 4.78 is 10.3. The number of amides is 1. The first kappa shape index (κ1) is 19.3. The number of Topliss-reactive ketones (excluding diaryl/α,β-unsaturated/α-hetero) is 1. The zero-order valence-electron chi connectivity index (χ0n) is 15.8. The molecule has 1 N–H and O–H groups in total. The normalized spacial score (nSPS) is 10.5. The Labute approximate surface area is 162 Å². The van der Waals surface area contributed by atoms with Crippen LogP contribution in [-0.2, 0) is 11.3 Å². The fraction of sp³-hybridized carbons (Fsp3) is 0.238. The second-order valence-electron chi connectivity index (χ2n) is 6.31. The Morgan fingerprint density at radius 1 is 1.04 bits per heavy atom. The Balaban J connectivity index is 1.47. The average molecular weight is 379 g/mol. The van der Waals surface area contributed by atoms with E-state index in [0.29, 0.717) is 17.3 Å². The second-order valence-corrected chi connectivity index (χ2v) is 6.31. The van der Waals surface area contributed by atoms with E-state index >= 15 is 0 Å². The molecule has 0 saturated carbocycles. The van der Waals surface area contributed by atoms with Crippen LogP contribution < -0.4 is 10.1 Å². The summed E-state index contributed by atoms with van der Waals surface area (Å²) in [7, 11) is 1.60. The highest BCUT2D eigenvalue weighted by molar-refractivity contribution is 5.97. The molecule has 7 nitrogen and oxygen atoms in total. The van der Waals surface area contributed by atoms with Crippen LogP contribution in [0.3, 0.4) is 0 Å². The number of hydrogen-bond donors (Lipinski definition) is 1. The second kappa shape index (κ2) is 8.94. The van der Waals surface area contributed by atoms with E-state index in [0.717, 1.165) is 16.9 Å². The topological polar surface area (TPSA) is 94.3 Å². The monoisotopic (exact) mass is 379 g/mol. The molecule has 0 atom stereocenters. The van der Waals surface area contributed by atoms with Gasteiger partial charge in [0.2, 0.25) is 17.6 Å². The van der Waals surface area contributed by atoms with Gasteiger partial charge in [0.05, 0.1) is 13.7 Å². The number of methoxy groups -OCH3 is 1. The van der Waals surface area contributed by atoms with Crippen LogP contribution in [0.25, 0.3) is 11.4 Å². The molecule has 7 heteroatoms. The Morgan fingerprint density at radius 2 is 1.75 bits per heavy atom. The maximum absolute atomic E-state index is 12.1. The minimum atomic E-state index is -0.246. The molecule has 28 heavy (non-hydrogen) atoms. The summed E-state index contributed by atoms with van der Waals surface area (Å²) in [6.45, 7) is 2.07. The minimum Gasteiger partial charge on any atom is -0.497 e. The summed E-state index contributed by atoms with van der Waals surface area (Å²) in [4.78, 5) is 28.4. The van der Waals surface area contributed by atoms with E-state index in [2.05, 4.69) is 15.5 Å². The number of rotatable bonds is 8. The van der Waals surface area contributed by atoms with Crippen LogP contribution in [0.5, 0.6) is 5.75 Å². The van der Waals surface area contributed by atoms with Crippen molar-refractivity contribution in [2.24, 2.45) is 0 Å². The van der Waals surface area contributed by atoms with Gasteiger partial charge >= 0.3 is 0 Å². The molecule has 0 aliphatic carbocycles. The predicted octanol–water partition coefficient (Wildman–Crippen LogP) is 3.33. The lowest BCUT2D eigenvalue weighted by atomic mass is 10.1. The van der Waals surface area contributed by atoms with Gasteiger partial charge in [-0.05, 0) is 31.2 Å². The molecule has 2 aromatic carbocycles. The maximum atomic E-state index is 12.1. The summed E-state index contributed by atoms with van der Waals surface area (Å²) in [5.41, 5.74) is 2.48. The van der Waals surface area contributed by atoms with Gasteiger partial charge in [-0.1, -0.05) is 35.0 Å². The largest absolute Gasteiger partial charge is 0.497 e. The van der Waals surface area contributed by atoms with Crippen LogP contribution in [0.1, 0.15) is 34.7 Å². The molecular formula is C21H21N3O4. The van der Waals surface area contributed by atoms with E-state index in [1.54, 1.807) is 31.4 Å². The van der Waals surface area contributed by atoms with E-state index in [4.69, 9.17) is 9.26 Å². The van der Waals surface area contributed by atoms with Crippen molar-refractivity contribution in [3.8, 4) is 17.1 Å². The highest BCUT2D eigenvalue weighted by Crippen LogP contribution is 2.19. The van der Waals surface area contributed by atoms with Crippen molar-refractivity contribution in [3.05, 3.63) is 65.5 Å². The molecule has 0 aliphatic rings. The molecule has 0 saturated heterocycles. The van der Waals surface area contributed by atoms with Crippen LogP contribution in [0.4, 0.5) is 0 Å². The molecule has 1 heterocycles. The van der Waals surface area contributed by atoms with Gasteiger partial charge in [-0.15, -0.1) is 0 Å². The van der Waals surface area contributed by atoms with Gasteiger partial charge in [0.1, 0.15) is 5.75 Å². The highest BCUT2D eigenvalue weighted by Gasteiger charge is 2.12. The first-order chi connectivity index (χ1) is 13.5. The van der Waals surface area contributed by atoms with Crippen molar-refractivity contribution in [2.75, 3.05) is 7.11 Å². The summed E-state index contributed by atoms with van der Waals surface area (Å²) >= 11 is 0. The van der Waals surface area contributed by atoms with Crippen molar-refractivity contribution < 1.29 is 18.8 Å². The fourth-order valence-corrected chi connectivity index (χ4v) is 2.56. The smallest absolute Gasteiger partial charge is 0.246 e. The van der Waals surface area contributed by atoms with Crippen LogP contribution in [0, 0.1) is 6.92 Å². The van der Waals surface area contributed by atoms with Crippen LogP contribution >= 0.6 is 0 Å². The number of benzene rings is 2. The van der Waals surface area contributed by atoms with Gasteiger partial charge in [0.15, 0.2) is 5.78 Å². The number of ketones is 1. The van der Waals surface area contributed by atoms with Crippen molar-refractivity contribution in [1.29, 1.82) is 0 Å². The number of nitrogens with zero attached hydrogens (tertiary/aromatic N) is 2. The molecule has 0 unspecified atom stereocenters. The lowest BCUT2D eigenvalue weighted by molar-refractivity contribution is -0.121. The number of hydrogen-bond acceptors (Lipinski definition) is 6. The summed E-state index contributed by atoms with van der Waals surface area (Å²) in [5.74, 6) is 1.16. The van der Waals surface area contributed by atoms with E-state index < -0.39 is 0 Å². The number of aromatic nitrogens is 2. The lowest BCUT2D eigenvalue weighted by Gasteiger charge is -2.03. The summed E-state index contributed by atoms with van der Waals surface area (Å²) in [6, 6.07) is 14.6. The SMILES string of the molecule is COc1ccc(-c2noc(CNC(=O)CCC(=O)c3ccc(C)cc3)n2)cc1. The molecule has 1 aromatic heterocycles. The van der Waals surface area contributed by atoms with Gasteiger partial charge in [-0.25, -0.2) is 0 Å². The molecule has 0 aliphatic heterocycles. The first-order valence-electron chi connectivity index (χ1n) is 8.89. The highest BCUT2D eigenvalue weighted by atomic mass is 16.5. The molecule has 0 bridgehead atoms. The molecule has 3 aromatic rings. The van der Waals surface area contributed by atoms with Crippen LogP contribution in [0.2, 0.25) is 0 Å². The summed E-state index contributed by atoms with van der Waals surface area (Å²) in [6.07, 6.45) is 0.252. The van der Waals surface area contributed by atoms with Gasteiger partial charge in [0.25, 0.3) is 0 Å². The van der Waals surface area contributed by atoms with Crippen molar-refractivity contribution in [3.63, 3.8) is 0 Å².